The molecular weight excluding hydrogens is 215 g/mol. The Bertz CT molecular complexity index is 467. The van der Waals surface area contributed by atoms with Crippen LogP contribution in [0.3, 0.4) is 0 Å². The van der Waals surface area contributed by atoms with Crippen LogP contribution in [0.1, 0.15) is 40.2 Å². The van der Waals surface area contributed by atoms with Crippen molar-refractivity contribution in [3.8, 4) is 0 Å². The number of hydrogen-bond donors (Lipinski definition) is 0. The van der Waals surface area contributed by atoms with Crippen LogP contribution in [0.5, 0.6) is 0 Å². The van der Waals surface area contributed by atoms with E-state index in [1.807, 2.05) is 20.2 Å². The smallest absolute Gasteiger partial charge is 0.0963 e. The number of aryl methyl sites for hydroxylation is 1. The van der Waals surface area contributed by atoms with Gasteiger partial charge < -0.3 is 4.57 Å². The third-order valence-electron chi connectivity index (χ3n) is 2.43. The van der Waals surface area contributed by atoms with E-state index in [2.05, 4.69) is 55.4 Å². The predicted octanol–water partition coefficient (Wildman–Crippen LogP) is 4.28. The number of benzene rings is 1. The van der Waals surface area contributed by atoms with Crippen molar-refractivity contribution >= 4 is 11.0 Å². The van der Waals surface area contributed by atoms with Crippen molar-refractivity contribution < 1.29 is 4.70 Å². The Kier molecular flexibility index (Phi) is 5.33. The van der Waals surface area contributed by atoms with E-state index in [1.54, 1.807) is 0 Å². The molecule has 1 aromatic carbocycles. The van der Waals surface area contributed by atoms with Crippen molar-refractivity contribution in [3.63, 3.8) is 0 Å². The summed E-state index contributed by atoms with van der Waals surface area (Å²) in [7, 11) is 0. The number of hydrogen-bond acceptors (Lipinski definition) is 1. The molecule has 0 radical (unpaired) electrons. The van der Waals surface area contributed by atoms with E-state index in [1.165, 1.54) is 11.1 Å². The topological polar surface area (TPSA) is 17.8 Å². The molecule has 2 aromatic rings. The van der Waals surface area contributed by atoms with Crippen molar-refractivity contribution in [2.75, 3.05) is 0 Å². The van der Waals surface area contributed by atoms with Gasteiger partial charge in [0.05, 0.1) is 17.4 Å². The minimum Gasteiger partial charge on any atom is -0.325 e. The summed E-state index contributed by atoms with van der Waals surface area (Å²) in [5, 5.41) is 0. The molecule has 0 unspecified atom stereocenters. The normalized spacial score (nSPS) is 10.5. The Morgan fingerprint density at radius 2 is 1.71 bits per heavy atom. The van der Waals surface area contributed by atoms with Gasteiger partial charge in [-0.05, 0) is 45.4 Å². The fourth-order valence-electron chi connectivity index (χ4n) is 1.66. The molecule has 0 saturated carbocycles. The lowest BCUT2D eigenvalue weighted by Crippen LogP contribution is -2.20. The maximum atomic E-state index is 4.41. The maximum Gasteiger partial charge on any atom is 0.0963 e. The first kappa shape index (κ1) is 15.6. The Morgan fingerprint density at radius 1 is 1.12 bits per heavy atom. The minimum atomic E-state index is 0. The minimum absolute atomic E-state index is 0. The summed E-state index contributed by atoms with van der Waals surface area (Å²) in [6.45, 7) is 12.7. The van der Waals surface area contributed by atoms with Crippen LogP contribution in [-0.4, -0.2) is 9.55 Å². The highest BCUT2D eigenvalue weighted by Gasteiger charge is 2.15. The zero-order valence-corrected chi connectivity index (χ0v) is 11.6. The molecule has 0 fully saturated rings. The van der Waals surface area contributed by atoms with Gasteiger partial charge in [0, 0.05) is 5.54 Å². The van der Waals surface area contributed by atoms with E-state index < -0.39 is 0 Å². The van der Waals surface area contributed by atoms with Gasteiger partial charge in [0.25, 0.3) is 0 Å². The average molecular weight is 238 g/mol. The second-order valence-electron chi connectivity index (χ2n) is 4.78. The first-order valence-corrected chi connectivity index (χ1v) is 5.93. The summed E-state index contributed by atoms with van der Waals surface area (Å²) in [6, 6.07) is 6.40. The molecule has 0 bridgehead atoms. The Balaban J connectivity index is 0.000000811. The van der Waals surface area contributed by atoms with Gasteiger partial charge in [-0.2, -0.15) is 0 Å². The highest BCUT2D eigenvalue weighted by molar-refractivity contribution is 5.76. The number of fused-ring (bicyclic) bond motifs is 1. The van der Waals surface area contributed by atoms with Gasteiger partial charge in [0.2, 0.25) is 0 Å². The summed E-state index contributed by atoms with van der Waals surface area (Å²) in [5.74, 6) is 0. The number of halogens is 1. The summed E-state index contributed by atoms with van der Waals surface area (Å²) in [5.41, 5.74) is 3.66. The highest BCUT2D eigenvalue weighted by atomic mass is 19.0. The average Bonchev–Trinajstić information content (AvgIpc) is 2.62. The second kappa shape index (κ2) is 5.80. The number of rotatable bonds is 0. The van der Waals surface area contributed by atoms with E-state index in [-0.39, 0.29) is 10.2 Å². The van der Waals surface area contributed by atoms with Crippen molar-refractivity contribution in [2.24, 2.45) is 0 Å². The molecule has 0 amide bonds. The fourth-order valence-corrected chi connectivity index (χ4v) is 1.66. The zero-order chi connectivity index (χ0) is 12.3. The quantitative estimate of drug-likeness (QED) is 0.670. The van der Waals surface area contributed by atoms with Crippen molar-refractivity contribution in [3.05, 3.63) is 30.1 Å². The maximum absolute atomic E-state index is 4.41. The zero-order valence-electron chi connectivity index (χ0n) is 11.6. The monoisotopic (exact) mass is 238 g/mol. The van der Waals surface area contributed by atoms with E-state index in [0.29, 0.717) is 0 Å². The van der Waals surface area contributed by atoms with Gasteiger partial charge in [0.1, 0.15) is 0 Å². The first-order valence-electron chi connectivity index (χ1n) is 5.93. The molecule has 96 valence electrons. The first-order chi connectivity index (χ1) is 7.48. The second-order valence-corrected chi connectivity index (χ2v) is 4.78. The molecule has 2 rings (SSSR count). The van der Waals surface area contributed by atoms with Crippen LogP contribution in [-0.2, 0) is 5.54 Å². The molecule has 2 nitrogen and oxygen atoms in total. The number of aromatic nitrogens is 2. The summed E-state index contributed by atoms with van der Waals surface area (Å²) in [6.07, 6.45) is 1.92. The molecule has 0 N–H and O–H groups in total. The van der Waals surface area contributed by atoms with E-state index in [0.717, 1.165) is 5.52 Å². The van der Waals surface area contributed by atoms with Gasteiger partial charge >= 0.3 is 0 Å². The van der Waals surface area contributed by atoms with Crippen LogP contribution in [0.2, 0.25) is 0 Å². The van der Waals surface area contributed by atoms with Gasteiger partial charge in [-0.3, -0.25) is 4.70 Å². The van der Waals surface area contributed by atoms with E-state index in [4.69, 9.17) is 0 Å². The molecular formula is C14H23FN2. The summed E-state index contributed by atoms with van der Waals surface area (Å²) >= 11 is 0. The molecule has 0 spiro atoms. The largest absolute Gasteiger partial charge is 0.325 e. The lowest BCUT2D eigenvalue weighted by Gasteiger charge is -2.21. The standard InChI is InChI=1S/C12H16N2.C2H6.FH/c1-9-5-6-11-10(7-9)13-8-14(11)12(2,3)4;1-2;/h5-8H,1-4H3;1-2H3;1H. The molecule has 0 atom stereocenters. The lowest BCUT2D eigenvalue weighted by atomic mass is 10.1. The van der Waals surface area contributed by atoms with Crippen molar-refractivity contribution in [1.29, 1.82) is 0 Å². The Morgan fingerprint density at radius 3 is 2.24 bits per heavy atom. The Hall–Kier alpha value is -1.38. The number of imidazole rings is 1. The van der Waals surface area contributed by atoms with Crippen molar-refractivity contribution in [1.82, 2.24) is 9.55 Å². The molecule has 1 heterocycles. The molecule has 0 aliphatic carbocycles. The highest BCUT2D eigenvalue weighted by Crippen LogP contribution is 2.22. The Labute approximate surface area is 103 Å². The van der Waals surface area contributed by atoms with Crippen LogP contribution >= 0.6 is 0 Å². The van der Waals surface area contributed by atoms with Crippen LogP contribution in [0.4, 0.5) is 4.70 Å². The van der Waals surface area contributed by atoms with Crippen LogP contribution in [0, 0.1) is 6.92 Å². The van der Waals surface area contributed by atoms with Gasteiger partial charge in [-0.1, -0.05) is 19.9 Å². The van der Waals surface area contributed by atoms with Gasteiger partial charge in [-0.15, -0.1) is 0 Å². The van der Waals surface area contributed by atoms with Gasteiger partial charge in [-0.25, -0.2) is 4.98 Å². The molecule has 0 aliphatic heterocycles. The van der Waals surface area contributed by atoms with Gasteiger partial charge in [0.15, 0.2) is 0 Å². The summed E-state index contributed by atoms with van der Waals surface area (Å²) in [4.78, 5) is 4.41. The van der Waals surface area contributed by atoms with Crippen molar-refractivity contribution in [2.45, 2.75) is 47.1 Å². The SMILES string of the molecule is CC.Cc1ccc2c(c1)ncn2C(C)(C)C.F. The third kappa shape index (κ3) is 3.29. The van der Waals surface area contributed by atoms with Crippen LogP contribution in [0.25, 0.3) is 11.0 Å². The number of nitrogens with zero attached hydrogens (tertiary/aromatic N) is 2. The van der Waals surface area contributed by atoms with Crippen LogP contribution in [0.15, 0.2) is 24.5 Å². The molecule has 0 saturated heterocycles. The van der Waals surface area contributed by atoms with E-state index >= 15 is 0 Å². The predicted molar refractivity (Wildman–Crippen MR) is 73.3 cm³/mol. The fraction of sp³-hybridized carbons (Fsp3) is 0.500. The van der Waals surface area contributed by atoms with E-state index in [9.17, 15) is 0 Å². The molecule has 3 heteroatoms. The third-order valence-corrected chi connectivity index (χ3v) is 2.43. The lowest BCUT2D eigenvalue weighted by molar-refractivity contribution is 0.408. The molecule has 1 aromatic heterocycles. The summed E-state index contributed by atoms with van der Waals surface area (Å²) < 4.78 is 2.21. The van der Waals surface area contributed by atoms with Crippen LogP contribution < -0.4 is 0 Å². The molecule has 0 aliphatic rings. The molecule has 17 heavy (non-hydrogen) atoms.